The highest BCUT2D eigenvalue weighted by atomic mass is 19.1. The van der Waals surface area contributed by atoms with Gasteiger partial charge in [0.1, 0.15) is 11.5 Å². The summed E-state index contributed by atoms with van der Waals surface area (Å²) in [5, 5.41) is 9.44. The molecule has 1 heterocycles. The summed E-state index contributed by atoms with van der Waals surface area (Å²) in [6, 6.07) is 14.8. The molecule has 0 unspecified atom stereocenters. The molecule has 0 saturated carbocycles. The second-order valence-electron chi connectivity index (χ2n) is 6.01. The van der Waals surface area contributed by atoms with Crippen LogP contribution in [0.4, 0.5) is 10.1 Å². The average Bonchev–Trinajstić information content (AvgIpc) is 2.67. The number of carbonyl (C=O) groups excluding carboxylic acids is 2. The first kappa shape index (κ1) is 19.0. The molecule has 0 aliphatic carbocycles. The topological polar surface area (TPSA) is 93.1 Å². The molecule has 0 aliphatic heterocycles. The number of anilines is 1. The Bertz CT molecular complexity index is 1080. The van der Waals surface area contributed by atoms with Crippen molar-refractivity contribution >= 4 is 17.5 Å². The van der Waals surface area contributed by atoms with Gasteiger partial charge in [-0.15, -0.1) is 0 Å². The smallest absolute Gasteiger partial charge is 0.272 e. The lowest BCUT2D eigenvalue weighted by Crippen LogP contribution is -2.28. The molecular formula is C20H17FN4O3. The van der Waals surface area contributed by atoms with Gasteiger partial charge in [0.2, 0.25) is 5.91 Å². The van der Waals surface area contributed by atoms with Gasteiger partial charge < -0.3 is 10.6 Å². The summed E-state index contributed by atoms with van der Waals surface area (Å²) >= 11 is 0. The Morgan fingerprint density at radius 1 is 1.07 bits per heavy atom. The van der Waals surface area contributed by atoms with E-state index in [9.17, 15) is 18.8 Å². The summed E-state index contributed by atoms with van der Waals surface area (Å²) in [4.78, 5) is 35.6. The fourth-order valence-electron chi connectivity index (χ4n) is 2.53. The Morgan fingerprint density at radius 3 is 2.54 bits per heavy atom. The zero-order valence-corrected chi connectivity index (χ0v) is 15.0. The van der Waals surface area contributed by atoms with E-state index in [1.807, 2.05) is 0 Å². The summed E-state index contributed by atoms with van der Waals surface area (Å²) in [6.07, 6.45) is 0. The molecule has 28 heavy (non-hydrogen) atoms. The maximum atomic E-state index is 13.1. The lowest BCUT2D eigenvalue weighted by atomic mass is 10.2. The fourth-order valence-corrected chi connectivity index (χ4v) is 2.53. The third kappa shape index (κ3) is 4.67. The lowest BCUT2D eigenvalue weighted by Gasteiger charge is -2.09. The molecular weight excluding hydrogens is 363 g/mol. The molecule has 0 saturated heterocycles. The highest BCUT2D eigenvalue weighted by molar-refractivity contribution is 5.92. The lowest BCUT2D eigenvalue weighted by molar-refractivity contribution is -0.114. The molecule has 0 spiro atoms. The van der Waals surface area contributed by atoms with Crippen molar-refractivity contribution in [2.45, 2.75) is 13.5 Å². The van der Waals surface area contributed by atoms with E-state index in [4.69, 9.17) is 0 Å². The number of carbonyl (C=O) groups is 2. The molecule has 142 valence electrons. The van der Waals surface area contributed by atoms with Gasteiger partial charge in [-0.3, -0.25) is 14.4 Å². The minimum Gasteiger partial charge on any atom is -0.347 e. The maximum absolute atomic E-state index is 13.1. The van der Waals surface area contributed by atoms with E-state index in [1.165, 1.54) is 43.3 Å². The van der Waals surface area contributed by atoms with Crippen LogP contribution < -0.4 is 16.2 Å². The van der Waals surface area contributed by atoms with E-state index in [0.717, 1.165) is 10.2 Å². The number of hydrogen-bond donors (Lipinski definition) is 2. The van der Waals surface area contributed by atoms with Crippen LogP contribution in [0.3, 0.4) is 0 Å². The van der Waals surface area contributed by atoms with Gasteiger partial charge in [0, 0.05) is 25.2 Å². The van der Waals surface area contributed by atoms with Crippen molar-refractivity contribution < 1.29 is 14.0 Å². The van der Waals surface area contributed by atoms with Gasteiger partial charge in [0.15, 0.2) is 0 Å². The fraction of sp³-hybridized carbons (Fsp3) is 0.100. The highest BCUT2D eigenvalue weighted by Gasteiger charge is 2.11. The standard InChI is InChI=1S/C20H17FN4O3/c1-13(26)23-16-4-2-3-14(11-16)12-22-20(28)18-9-10-19(27)25(24-18)17-7-5-15(21)6-8-17/h2-11H,12H2,1H3,(H,22,28)(H,23,26). The highest BCUT2D eigenvalue weighted by Crippen LogP contribution is 2.11. The monoisotopic (exact) mass is 380 g/mol. The largest absolute Gasteiger partial charge is 0.347 e. The van der Waals surface area contributed by atoms with Gasteiger partial charge in [0.25, 0.3) is 11.5 Å². The first-order chi connectivity index (χ1) is 13.4. The van der Waals surface area contributed by atoms with Crippen molar-refractivity contribution in [3.05, 3.63) is 88.1 Å². The van der Waals surface area contributed by atoms with Gasteiger partial charge >= 0.3 is 0 Å². The van der Waals surface area contributed by atoms with Crippen molar-refractivity contribution in [1.82, 2.24) is 15.1 Å². The van der Waals surface area contributed by atoms with E-state index in [-0.39, 0.29) is 18.1 Å². The van der Waals surface area contributed by atoms with E-state index in [0.29, 0.717) is 11.4 Å². The Hall–Kier alpha value is -3.81. The van der Waals surface area contributed by atoms with E-state index >= 15 is 0 Å². The number of amides is 2. The van der Waals surface area contributed by atoms with Crippen LogP contribution in [0.2, 0.25) is 0 Å². The summed E-state index contributed by atoms with van der Waals surface area (Å²) < 4.78 is 14.1. The van der Waals surface area contributed by atoms with Gasteiger partial charge in [-0.1, -0.05) is 12.1 Å². The minimum atomic E-state index is -0.471. The van der Waals surface area contributed by atoms with Crippen LogP contribution in [-0.2, 0) is 11.3 Å². The molecule has 0 aliphatic rings. The normalized spacial score (nSPS) is 10.4. The third-order valence-electron chi connectivity index (χ3n) is 3.80. The Labute approximate surface area is 159 Å². The molecule has 2 N–H and O–H groups in total. The average molecular weight is 380 g/mol. The molecule has 1 aromatic heterocycles. The van der Waals surface area contributed by atoms with Crippen LogP contribution >= 0.6 is 0 Å². The van der Waals surface area contributed by atoms with Crippen LogP contribution in [0.15, 0.2) is 65.5 Å². The number of nitrogens with zero attached hydrogens (tertiary/aromatic N) is 2. The molecule has 0 fully saturated rings. The number of aromatic nitrogens is 2. The first-order valence-corrected chi connectivity index (χ1v) is 8.43. The zero-order valence-electron chi connectivity index (χ0n) is 15.0. The summed E-state index contributed by atoms with van der Waals surface area (Å²) in [7, 11) is 0. The van der Waals surface area contributed by atoms with Crippen LogP contribution in [-0.4, -0.2) is 21.6 Å². The van der Waals surface area contributed by atoms with Crippen LogP contribution in [0.1, 0.15) is 23.0 Å². The SMILES string of the molecule is CC(=O)Nc1cccc(CNC(=O)c2ccc(=O)n(-c3ccc(F)cc3)n2)c1. The van der Waals surface area contributed by atoms with Gasteiger partial charge in [0.05, 0.1) is 5.69 Å². The Balaban J connectivity index is 1.74. The molecule has 3 aromatic rings. The number of halogens is 1. The second kappa shape index (κ2) is 8.26. The Morgan fingerprint density at radius 2 is 1.82 bits per heavy atom. The molecule has 0 bridgehead atoms. The molecule has 7 nitrogen and oxygen atoms in total. The van der Waals surface area contributed by atoms with E-state index in [2.05, 4.69) is 15.7 Å². The number of rotatable bonds is 5. The predicted molar refractivity (Wildman–Crippen MR) is 102 cm³/mol. The van der Waals surface area contributed by atoms with E-state index < -0.39 is 17.3 Å². The van der Waals surface area contributed by atoms with Crippen molar-refractivity contribution in [3.63, 3.8) is 0 Å². The molecule has 0 atom stereocenters. The number of hydrogen-bond acceptors (Lipinski definition) is 4. The summed E-state index contributed by atoms with van der Waals surface area (Å²) in [5.41, 5.74) is 1.37. The second-order valence-corrected chi connectivity index (χ2v) is 6.01. The summed E-state index contributed by atoms with van der Waals surface area (Å²) in [5.74, 6) is -1.10. The van der Waals surface area contributed by atoms with Gasteiger partial charge in [-0.2, -0.15) is 9.78 Å². The quantitative estimate of drug-likeness (QED) is 0.710. The maximum Gasteiger partial charge on any atom is 0.272 e. The third-order valence-corrected chi connectivity index (χ3v) is 3.80. The van der Waals surface area contributed by atoms with Crippen LogP contribution in [0.5, 0.6) is 0 Å². The van der Waals surface area contributed by atoms with Crippen LogP contribution in [0.25, 0.3) is 5.69 Å². The zero-order chi connectivity index (χ0) is 20.1. The van der Waals surface area contributed by atoms with Gasteiger partial charge in [-0.25, -0.2) is 4.39 Å². The number of nitrogens with one attached hydrogen (secondary N) is 2. The van der Waals surface area contributed by atoms with Crippen molar-refractivity contribution in [1.29, 1.82) is 0 Å². The number of benzene rings is 2. The predicted octanol–water partition coefficient (Wildman–Crippen LogP) is 2.26. The minimum absolute atomic E-state index is 0.0435. The van der Waals surface area contributed by atoms with Gasteiger partial charge in [-0.05, 0) is 48.0 Å². The van der Waals surface area contributed by atoms with Crippen molar-refractivity contribution in [2.24, 2.45) is 0 Å². The Kier molecular flexibility index (Phi) is 5.59. The first-order valence-electron chi connectivity index (χ1n) is 8.43. The van der Waals surface area contributed by atoms with Crippen LogP contribution in [0, 0.1) is 5.82 Å². The molecule has 8 heteroatoms. The molecule has 3 rings (SSSR count). The molecule has 2 aromatic carbocycles. The van der Waals surface area contributed by atoms with E-state index in [1.54, 1.807) is 24.3 Å². The van der Waals surface area contributed by atoms with Crippen molar-refractivity contribution in [3.8, 4) is 5.69 Å². The molecule has 2 amide bonds. The molecule has 0 radical (unpaired) electrons. The summed E-state index contributed by atoms with van der Waals surface area (Å²) in [6.45, 7) is 1.62. The van der Waals surface area contributed by atoms with Crippen molar-refractivity contribution in [2.75, 3.05) is 5.32 Å².